The zero-order valence-corrected chi connectivity index (χ0v) is 10.6. The molecule has 1 heterocycles. The Morgan fingerprint density at radius 1 is 1.29 bits per heavy atom. The van der Waals surface area contributed by atoms with Gasteiger partial charge < -0.3 is 16.4 Å². The second kappa shape index (κ2) is 6.36. The van der Waals surface area contributed by atoms with Crippen LogP contribution < -0.4 is 16.4 Å². The number of nitrogens with one attached hydrogen (secondary N) is 2. The van der Waals surface area contributed by atoms with Gasteiger partial charge in [-0.05, 0) is 44.6 Å². The van der Waals surface area contributed by atoms with Crippen molar-refractivity contribution in [3.05, 3.63) is 0 Å². The van der Waals surface area contributed by atoms with Gasteiger partial charge in [-0.3, -0.25) is 4.79 Å². The number of rotatable bonds is 5. The Kier molecular flexibility index (Phi) is 4.80. The molecule has 0 aromatic heterocycles. The summed E-state index contributed by atoms with van der Waals surface area (Å²) in [4.78, 5) is 11.7. The summed E-state index contributed by atoms with van der Waals surface area (Å²) in [7, 11) is 0. The van der Waals surface area contributed by atoms with E-state index in [4.69, 9.17) is 5.73 Å². The fourth-order valence-electron chi connectivity index (χ4n) is 3.02. The molecule has 2 fully saturated rings. The number of amides is 1. The smallest absolute Gasteiger partial charge is 0.220 e. The molecule has 4 nitrogen and oxygen atoms in total. The van der Waals surface area contributed by atoms with E-state index in [1.807, 2.05) is 0 Å². The Hall–Kier alpha value is -0.610. The first-order chi connectivity index (χ1) is 8.25. The normalized spacial score (nSPS) is 32.9. The second-order valence-corrected chi connectivity index (χ2v) is 5.49. The van der Waals surface area contributed by atoms with E-state index in [2.05, 4.69) is 10.6 Å². The SMILES string of the molecule is N[C@@H]1CCC[C@H]1CC(=O)NCC[C@H]1CCCN1. The zero-order valence-electron chi connectivity index (χ0n) is 10.6. The van der Waals surface area contributed by atoms with Crippen LogP contribution in [-0.4, -0.2) is 31.1 Å². The van der Waals surface area contributed by atoms with Crippen LogP contribution in [0, 0.1) is 5.92 Å². The Morgan fingerprint density at radius 2 is 2.18 bits per heavy atom. The van der Waals surface area contributed by atoms with Crippen molar-refractivity contribution in [2.75, 3.05) is 13.1 Å². The molecule has 2 aliphatic rings. The highest BCUT2D eigenvalue weighted by Crippen LogP contribution is 2.26. The molecule has 1 saturated heterocycles. The van der Waals surface area contributed by atoms with Gasteiger partial charge in [0.25, 0.3) is 0 Å². The highest BCUT2D eigenvalue weighted by atomic mass is 16.1. The first kappa shape index (κ1) is 12.8. The third-order valence-corrected chi connectivity index (χ3v) is 4.14. The lowest BCUT2D eigenvalue weighted by Crippen LogP contribution is -2.34. The first-order valence-electron chi connectivity index (χ1n) is 7.01. The van der Waals surface area contributed by atoms with Gasteiger partial charge >= 0.3 is 0 Å². The van der Waals surface area contributed by atoms with Crippen molar-refractivity contribution in [3.63, 3.8) is 0 Å². The third kappa shape index (κ3) is 3.96. The highest BCUT2D eigenvalue weighted by molar-refractivity contribution is 5.76. The molecular formula is C13H25N3O. The Labute approximate surface area is 104 Å². The minimum Gasteiger partial charge on any atom is -0.356 e. The molecule has 0 bridgehead atoms. The van der Waals surface area contributed by atoms with Crippen molar-refractivity contribution in [1.29, 1.82) is 0 Å². The lowest BCUT2D eigenvalue weighted by Gasteiger charge is -2.15. The number of hydrogen-bond donors (Lipinski definition) is 3. The van der Waals surface area contributed by atoms with Crippen LogP contribution in [-0.2, 0) is 4.79 Å². The van der Waals surface area contributed by atoms with Crippen molar-refractivity contribution in [2.45, 2.75) is 57.0 Å². The summed E-state index contributed by atoms with van der Waals surface area (Å²) in [5.74, 6) is 0.602. The summed E-state index contributed by atoms with van der Waals surface area (Å²) < 4.78 is 0. The molecule has 0 spiro atoms. The monoisotopic (exact) mass is 239 g/mol. The predicted octanol–water partition coefficient (Wildman–Crippen LogP) is 0.762. The van der Waals surface area contributed by atoms with Gasteiger partial charge in [-0.15, -0.1) is 0 Å². The number of carbonyl (C=O) groups is 1. The second-order valence-electron chi connectivity index (χ2n) is 5.49. The molecule has 17 heavy (non-hydrogen) atoms. The lowest BCUT2D eigenvalue weighted by molar-refractivity contribution is -0.122. The minimum atomic E-state index is 0.186. The Bertz CT molecular complexity index is 251. The molecule has 1 aliphatic heterocycles. The summed E-state index contributed by atoms with van der Waals surface area (Å²) in [6, 6.07) is 0.862. The number of nitrogens with two attached hydrogens (primary N) is 1. The van der Waals surface area contributed by atoms with Crippen LogP contribution >= 0.6 is 0 Å². The fraction of sp³-hybridized carbons (Fsp3) is 0.923. The maximum atomic E-state index is 11.7. The molecule has 1 aliphatic carbocycles. The minimum absolute atomic E-state index is 0.186. The molecule has 98 valence electrons. The van der Waals surface area contributed by atoms with Gasteiger partial charge in [-0.25, -0.2) is 0 Å². The summed E-state index contributed by atoms with van der Waals surface area (Å²) >= 11 is 0. The van der Waals surface area contributed by atoms with Crippen molar-refractivity contribution in [1.82, 2.24) is 10.6 Å². The van der Waals surface area contributed by atoms with Crippen molar-refractivity contribution < 1.29 is 4.79 Å². The zero-order chi connectivity index (χ0) is 12.1. The van der Waals surface area contributed by atoms with Crippen LogP contribution in [0.4, 0.5) is 0 Å². The van der Waals surface area contributed by atoms with E-state index in [1.54, 1.807) is 0 Å². The Balaban J connectivity index is 1.57. The van der Waals surface area contributed by atoms with Gasteiger partial charge in [-0.2, -0.15) is 0 Å². The summed E-state index contributed by atoms with van der Waals surface area (Å²) in [6.07, 6.45) is 7.61. The standard InChI is InChI=1S/C13H25N3O/c14-12-5-1-3-10(12)9-13(17)16-8-6-11-4-2-7-15-11/h10-12,15H,1-9,14H2,(H,16,17)/t10-,11+,12+/m0/s1. The van der Waals surface area contributed by atoms with Gasteiger partial charge in [0, 0.05) is 25.0 Å². The van der Waals surface area contributed by atoms with E-state index in [-0.39, 0.29) is 11.9 Å². The molecule has 2 rings (SSSR count). The van der Waals surface area contributed by atoms with E-state index in [1.165, 1.54) is 19.3 Å². The summed E-state index contributed by atoms with van der Waals surface area (Å²) in [5, 5.41) is 6.46. The quantitative estimate of drug-likeness (QED) is 0.663. The van der Waals surface area contributed by atoms with Crippen LogP contribution in [0.25, 0.3) is 0 Å². The molecule has 0 aromatic rings. The maximum Gasteiger partial charge on any atom is 0.220 e. The van der Waals surface area contributed by atoms with Crippen LogP contribution in [0.15, 0.2) is 0 Å². The molecule has 4 heteroatoms. The maximum absolute atomic E-state index is 11.7. The van der Waals surface area contributed by atoms with E-state index in [9.17, 15) is 4.79 Å². The van der Waals surface area contributed by atoms with Gasteiger partial charge in [0.05, 0.1) is 0 Å². The largest absolute Gasteiger partial charge is 0.356 e. The molecule has 0 radical (unpaired) electrons. The van der Waals surface area contributed by atoms with E-state index in [0.29, 0.717) is 18.4 Å². The average Bonchev–Trinajstić information content (AvgIpc) is 2.92. The van der Waals surface area contributed by atoms with E-state index < -0.39 is 0 Å². The molecule has 0 unspecified atom stereocenters. The molecule has 1 saturated carbocycles. The van der Waals surface area contributed by atoms with E-state index in [0.717, 1.165) is 32.4 Å². The highest BCUT2D eigenvalue weighted by Gasteiger charge is 2.25. The number of carbonyl (C=O) groups excluding carboxylic acids is 1. The van der Waals surface area contributed by atoms with Crippen LogP contribution in [0.1, 0.15) is 44.9 Å². The molecular weight excluding hydrogens is 214 g/mol. The van der Waals surface area contributed by atoms with Gasteiger partial charge in [0.2, 0.25) is 5.91 Å². The van der Waals surface area contributed by atoms with Crippen molar-refractivity contribution in [3.8, 4) is 0 Å². The van der Waals surface area contributed by atoms with Crippen molar-refractivity contribution >= 4 is 5.91 Å². The summed E-state index contributed by atoms with van der Waals surface area (Å²) in [6.45, 7) is 1.94. The van der Waals surface area contributed by atoms with Crippen LogP contribution in [0.2, 0.25) is 0 Å². The summed E-state index contributed by atoms with van der Waals surface area (Å²) in [5.41, 5.74) is 5.97. The molecule has 1 amide bonds. The van der Waals surface area contributed by atoms with Gasteiger partial charge in [0.1, 0.15) is 0 Å². The predicted molar refractivity (Wildman–Crippen MR) is 68.6 cm³/mol. The van der Waals surface area contributed by atoms with Crippen LogP contribution in [0.5, 0.6) is 0 Å². The topological polar surface area (TPSA) is 67.2 Å². The van der Waals surface area contributed by atoms with Crippen molar-refractivity contribution in [2.24, 2.45) is 11.7 Å². The molecule has 3 atom stereocenters. The Morgan fingerprint density at radius 3 is 2.82 bits per heavy atom. The molecule has 0 aromatic carbocycles. The van der Waals surface area contributed by atoms with Gasteiger partial charge in [0.15, 0.2) is 0 Å². The third-order valence-electron chi connectivity index (χ3n) is 4.14. The van der Waals surface area contributed by atoms with Gasteiger partial charge in [-0.1, -0.05) is 6.42 Å². The first-order valence-corrected chi connectivity index (χ1v) is 7.01. The lowest BCUT2D eigenvalue weighted by atomic mass is 10.00. The van der Waals surface area contributed by atoms with E-state index >= 15 is 0 Å². The van der Waals surface area contributed by atoms with Crippen LogP contribution in [0.3, 0.4) is 0 Å². The fourth-order valence-corrected chi connectivity index (χ4v) is 3.02. The number of hydrogen-bond acceptors (Lipinski definition) is 3. The average molecular weight is 239 g/mol. The molecule has 4 N–H and O–H groups in total.